The molecule has 1 aromatic heterocycles. The van der Waals surface area contributed by atoms with Gasteiger partial charge in [-0.3, -0.25) is 4.68 Å². The monoisotopic (exact) mass is 269 g/mol. The summed E-state index contributed by atoms with van der Waals surface area (Å²) in [6.45, 7) is 4.12. The molecule has 5 heteroatoms. The lowest BCUT2D eigenvalue weighted by atomic mass is 10.1. The van der Waals surface area contributed by atoms with Crippen molar-refractivity contribution in [3.05, 3.63) is 16.4 Å². The zero-order valence-corrected chi connectivity index (χ0v) is 10.3. The van der Waals surface area contributed by atoms with Gasteiger partial charge < -0.3 is 0 Å². The van der Waals surface area contributed by atoms with Gasteiger partial charge in [-0.25, -0.2) is 4.79 Å². The van der Waals surface area contributed by atoms with Crippen LogP contribution in [-0.2, 0) is 10.3 Å². The molecule has 0 aliphatic heterocycles. The third kappa shape index (κ3) is 1.66. The lowest BCUT2D eigenvalue weighted by molar-refractivity contribution is 0.519. The van der Waals surface area contributed by atoms with Crippen molar-refractivity contribution in [2.75, 3.05) is 0 Å². The van der Waals surface area contributed by atoms with Crippen LogP contribution in [0.25, 0.3) is 0 Å². The van der Waals surface area contributed by atoms with Crippen LogP contribution in [0, 0.1) is 0 Å². The van der Waals surface area contributed by atoms with Crippen molar-refractivity contribution in [1.82, 2.24) is 9.78 Å². The van der Waals surface area contributed by atoms with E-state index in [1.807, 2.05) is 4.68 Å². The van der Waals surface area contributed by atoms with Crippen molar-refractivity contribution in [3.63, 3.8) is 0 Å². The average molecular weight is 270 g/mol. The quantitative estimate of drug-likeness (QED) is 0.626. The SMILES string of the molecule is CC(C)n1ncc(C2(N=C=O)CC2)c1Br. The van der Waals surface area contributed by atoms with Gasteiger partial charge in [-0.1, -0.05) is 0 Å². The van der Waals surface area contributed by atoms with E-state index in [2.05, 4.69) is 39.9 Å². The van der Waals surface area contributed by atoms with Crippen molar-refractivity contribution in [3.8, 4) is 0 Å². The number of hydrogen-bond donors (Lipinski definition) is 0. The Kier molecular flexibility index (Phi) is 2.52. The van der Waals surface area contributed by atoms with E-state index in [-0.39, 0.29) is 5.54 Å². The largest absolute Gasteiger partial charge is 0.256 e. The van der Waals surface area contributed by atoms with Crippen molar-refractivity contribution < 1.29 is 4.79 Å². The van der Waals surface area contributed by atoms with Gasteiger partial charge in [0.05, 0.1) is 6.20 Å². The predicted octanol–water partition coefficient (Wildman–Crippen LogP) is 2.55. The van der Waals surface area contributed by atoms with Crippen LogP contribution in [0.1, 0.15) is 38.3 Å². The van der Waals surface area contributed by atoms with Gasteiger partial charge in [-0.2, -0.15) is 10.1 Å². The van der Waals surface area contributed by atoms with E-state index in [4.69, 9.17) is 0 Å². The van der Waals surface area contributed by atoms with Gasteiger partial charge in [0.25, 0.3) is 0 Å². The Labute approximate surface area is 96.5 Å². The summed E-state index contributed by atoms with van der Waals surface area (Å²) in [5.74, 6) is 0. The Morgan fingerprint density at radius 2 is 2.33 bits per heavy atom. The van der Waals surface area contributed by atoms with Crippen molar-refractivity contribution in [1.29, 1.82) is 0 Å². The molecule has 1 aliphatic carbocycles. The average Bonchev–Trinajstić information content (AvgIpc) is 2.83. The van der Waals surface area contributed by atoms with Crippen LogP contribution in [0.4, 0.5) is 0 Å². The second-order valence-corrected chi connectivity index (χ2v) is 4.87. The first kappa shape index (κ1) is 10.6. The minimum absolute atomic E-state index is 0.295. The van der Waals surface area contributed by atoms with Crippen LogP contribution in [0.5, 0.6) is 0 Å². The summed E-state index contributed by atoms with van der Waals surface area (Å²) in [5, 5.41) is 4.28. The zero-order chi connectivity index (χ0) is 11.1. The lowest BCUT2D eigenvalue weighted by Gasteiger charge is -2.09. The van der Waals surface area contributed by atoms with Gasteiger partial charge in [0.15, 0.2) is 0 Å². The highest BCUT2D eigenvalue weighted by atomic mass is 79.9. The summed E-state index contributed by atoms with van der Waals surface area (Å²) in [4.78, 5) is 14.2. The van der Waals surface area contributed by atoms with Crippen molar-refractivity contribution in [2.24, 2.45) is 4.99 Å². The molecule has 1 saturated carbocycles. The molecule has 0 radical (unpaired) electrons. The van der Waals surface area contributed by atoms with Crippen LogP contribution in [0.3, 0.4) is 0 Å². The second-order valence-electron chi connectivity index (χ2n) is 4.12. The van der Waals surface area contributed by atoms with E-state index in [0.29, 0.717) is 6.04 Å². The molecule has 80 valence electrons. The number of carbonyl (C=O) groups excluding carboxylic acids is 1. The van der Waals surface area contributed by atoms with Crippen LogP contribution in [0.15, 0.2) is 15.8 Å². The fraction of sp³-hybridized carbons (Fsp3) is 0.600. The first-order chi connectivity index (χ1) is 7.10. The first-order valence-corrected chi connectivity index (χ1v) is 5.72. The summed E-state index contributed by atoms with van der Waals surface area (Å²) in [5.41, 5.74) is 0.660. The first-order valence-electron chi connectivity index (χ1n) is 4.93. The fourth-order valence-electron chi connectivity index (χ4n) is 1.67. The van der Waals surface area contributed by atoms with E-state index in [1.165, 1.54) is 0 Å². The Morgan fingerprint density at radius 1 is 1.67 bits per heavy atom. The molecule has 0 bridgehead atoms. The maximum Gasteiger partial charge on any atom is 0.235 e. The number of halogens is 1. The molecule has 1 heterocycles. The summed E-state index contributed by atoms with van der Waals surface area (Å²) < 4.78 is 2.81. The standard InChI is InChI=1S/C10H12BrN3O/c1-7(2)14-9(11)8(5-13-14)10(3-4-10)12-6-15/h5,7H,3-4H2,1-2H3. The number of rotatable bonds is 3. The van der Waals surface area contributed by atoms with E-state index in [1.54, 1.807) is 12.3 Å². The summed E-state index contributed by atoms with van der Waals surface area (Å²) in [6.07, 6.45) is 5.26. The molecule has 0 N–H and O–H groups in total. The normalized spacial score (nSPS) is 17.6. The number of aromatic nitrogens is 2. The summed E-state index contributed by atoms with van der Waals surface area (Å²) in [6, 6.07) is 0.295. The number of aliphatic imine (C=N–C) groups is 1. The molecule has 15 heavy (non-hydrogen) atoms. The molecule has 0 aromatic carbocycles. The smallest absolute Gasteiger partial charge is 0.235 e. The molecule has 0 spiro atoms. The van der Waals surface area contributed by atoms with Crippen LogP contribution in [0.2, 0.25) is 0 Å². The molecule has 1 aliphatic rings. The molecular formula is C10H12BrN3O. The van der Waals surface area contributed by atoms with E-state index < -0.39 is 0 Å². The molecule has 4 nitrogen and oxygen atoms in total. The zero-order valence-electron chi connectivity index (χ0n) is 8.70. The third-order valence-electron chi connectivity index (χ3n) is 2.71. The van der Waals surface area contributed by atoms with Crippen molar-refractivity contribution >= 4 is 22.0 Å². The Hall–Kier alpha value is -0.930. The maximum absolute atomic E-state index is 10.4. The highest BCUT2D eigenvalue weighted by Gasteiger charge is 2.47. The highest BCUT2D eigenvalue weighted by Crippen LogP contribution is 2.51. The summed E-state index contributed by atoms with van der Waals surface area (Å²) in [7, 11) is 0. The molecule has 0 saturated heterocycles. The van der Waals surface area contributed by atoms with E-state index >= 15 is 0 Å². The molecule has 1 fully saturated rings. The fourth-order valence-corrected chi connectivity index (χ4v) is 2.64. The van der Waals surface area contributed by atoms with Gasteiger partial charge in [0.2, 0.25) is 6.08 Å². The highest BCUT2D eigenvalue weighted by molar-refractivity contribution is 9.10. The second kappa shape index (κ2) is 3.58. The van der Waals surface area contributed by atoms with Crippen LogP contribution in [-0.4, -0.2) is 15.9 Å². The van der Waals surface area contributed by atoms with Crippen LogP contribution < -0.4 is 0 Å². The molecule has 2 rings (SSSR count). The van der Waals surface area contributed by atoms with Gasteiger partial charge in [0.1, 0.15) is 10.1 Å². The Morgan fingerprint density at radius 3 is 2.73 bits per heavy atom. The number of hydrogen-bond acceptors (Lipinski definition) is 3. The van der Waals surface area contributed by atoms with Gasteiger partial charge >= 0.3 is 0 Å². The van der Waals surface area contributed by atoms with Crippen LogP contribution >= 0.6 is 15.9 Å². The molecule has 0 unspecified atom stereocenters. The number of isocyanates is 1. The molecular weight excluding hydrogens is 258 g/mol. The molecule has 0 atom stereocenters. The predicted molar refractivity (Wildman–Crippen MR) is 59.3 cm³/mol. The molecule has 1 aromatic rings. The number of nitrogens with zero attached hydrogens (tertiary/aromatic N) is 3. The van der Waals surface area contributed by atoms with Gasteiger partial charge in [-0.05, 0) is 42.6 Å². The molecule has 0 amide bonds. The lowest BCUT2D eigenvalue weighted by Crippen LogP contribution is -2.05. The topological polar surface area (TPSA) is 47.2 Å². The maximum atomic E-state index is 10.4. The summed E-state index contributed by atoms with van der Waals surface area (Å²) >= 11 is 3.51. The van der Waals surface area contributed by atoms with Gasteiger partial charge in [-0.15, -0.1) is 0 Å². The van der Waals surface area contributed by atoms with E-state index in [9.17, 15) is 4.79 Å². The van der Waals surface area contributed by atoms with Gasteiger partial charge in [0, 0.05) is 11.6 Å². The minimum Gasteiger partial charge on any atom is -0.256 e. The Balaban J connectivity index is 2.42. The minimum atomic E-state index is -0.340. The Bertz CT molecular complexity index is 428. The van der Waals surface area contributed by atoms with E-state index in [0.717, 1.165) is 23.0 Å². The van der Waals surface area contributed by atoms with Crippen molar-refractivity contribution in [2.45, 2.75) is 38.3 Å². The third-order valence-corrected chi connectivity index (χ3v) is 3.50.